The first-order chi connectivity index (χ1) is 9.86. The largest absolute Gasteiger partial charge is 0.478 e. The number of carboxylic acid groups (broad SMARTS) is 1. The van der Waals surface area contributed by atoms with Gasteiger partial charge < -0.3 is 15.3 Å². The number of urea groups is 1. The number of anilines is 1. The molecule has 0 aliphatic carbocycles. The van der Waals surface area contributed by atoms with Gasteiger partial charge in [-0.05, 0) is 43.6 Å². The molecule has 2 amide bonds. The average Bonchev–Trinajstić information content (AvgIpc) is 2.45. The number of halogens is 1. The zero-order valence-electron chi connectivity index (χ0n) is 12.2. The highest BCUT2D eigenvalue weighted by Gasteiger charge is 2.16. The zero-order valence-corrected chi connectivity index (χ0v) is 13.8. The summed E-state index contributed by atoms with van der Waals surface area (Å²) in [6, 6.07) is 4.21. The quantitative estimate of drug-likeness (QED) is 0.835. The molecule has 0 saturated heterocycles. The molecule has 0 aliphatic rings. The van der Waals surface area contributed by atoms with Gasteiger partial charge in [0.05, 0.1) is 10.6 Å². The number of aromatic carboxylic acids is 1. The predicted molar refractivity (Wildman–Crippen MR) is 87.7 cm³/mol. The number of carboxylic acids is 1. The SMILES string of the molecule is CSCCC(C)N(C)C(=O)Nc1ccc(Cl)c(C(=O)O)c1. The van der Waals surface area contributed by atoms with Crippen molar-refractivity contribution in [2.24, 2.45) is 0 Å². The van der Waals surface area contributed by atoms with Crippen molar-refractivity contribution in [1.82, 2.24) is 4.90 Å². The van der Waals surface area contributed by atoms with Gasteiger partial charge in [0.25, 0.3) is 0 Å². The lowest BCUT2D eigenvalue weighted by Crippen LogP contribution is -2.38. The topological polar surface area (TPSA) is 69.6 Å². The smallest absolute Gasteiger partial charge is 0.337 e. The molecule has 1 aromatic rings. The van der Waals surface area contributed by atoms with Gasteiger partial charge in [0.2, 0.25) is 0 Å². The second-order valence-electron chi connectivity index (χ2n) is 4.67. The summed E-state index contributed by atoms with van der Waals surface area (Å²) >= 11 is 7.52. The van der Waals surface area contributed by atoms with Gasteiger partial charge in [0.1, 0.15) is 0 Å². The number of hydrogen-bond acceptors (Lipinski definition) is 3. The standard InChI is InChI=1S/C14H19ClN2O3S/c1-9(6-7-21-3)17(2)14(20)16-10-4-5-12(15)11(8-10)13(18)19/h4-5,8-9H,6-7H2,1-3H3,(H,16,20)(H,18,19). The van der Waals surface area contributed by atoms with E-state index in [2.05, 4.69) is 5.32 Å². The third-order valence-corrected chi connectivity index (χ3v) is 4.14. The highest BCUT2D eigenvalue weighted by molar-refractivity contribution is 7.98. The maximum atomic E-state index is 12.1. The van der Waals surface area contributed by atoms with Crippen molar-refractivity contribution in [3.63, 3.8) is 0 Å². The Balaban J connectivity index is 2.74. The Labute approximate surface area is 133 Å². The van der Waals surface area contributed by atoms with Crippen molar-refractivity contribution in [2.75, 3.05) is 24.4 Å². The fraction of sp³-hybridized carbons (Fsp3) is 0.429. The number of carbonyl (C=O) groups is 2. The molecule has 2 N–H and O–H groups in total. The maximum absolute atomic E-state index is 12.1. The van der Waals surface area contributed by atoms with Crippen molar-refractivity contribution >= 4 is 41.1 Å². The third kappa shape index (κ3) is 5.13. The molecule has 0 aliphatic heterocycles. The molecule has 21 heavy (non-hydrogen) atoms. The fourth-order valence-corrected chi connectivity index (χ4v) is 2.44. The normalized spacial score (nSPS) is 11.8. The van der Waals surface area contributed by atoms with Gasteiger partial charge in [-0.1, -0.05) is 11.6 Å². The zero-order chi connectivity index (χ0) is 16.0. The van der Waals surface area contributed by atoms with Crippen LogP contribution in [0.2, 0.25) is 5.02 Å². The Bertz CT molecular complexity index is 525. The van der Waals surface area contributed by atoms with Gasteiger partial charge in [-0.3, -0.25) is 0 Å². The van der Waals surface area contributed by atoms with E-state index in [0.717, 1.165) is 12.2 Å². The van der Waals surface area contributed by atoms with Gasteiger partial charge in [-0.15, -0.1) is 0 Å². The van der Waals surface area contributed by atoms with Crippen LogP contribution in [0.3, 0.4) is 0 Å². The number of amides is 2. The molecule has 5 nitrogen and oxygen atoms in total. The van der Waals surface area contributed by atoms with Crippen molar-refractivity contribution < 1.29 is 14.7 Å². The van der Waals surface area contributed by atoms with E-state index in [1.807, 2.05) is 13.2 Å². The Morgan fingerprint density at radius 1 is 1.48 bits per heavy atom. The van der Waals surface area contributed by atoms with Gasteiger partial charge >= 0.3 is 12.0 Å². The summed E-state index contributed by atoms with van der Waals surface area (Å²) < 4.78 is 0. The first-order valence-electron chi connectivity index (χ1n) is 6.42. The first-order valence-corrected chi connectivity index (χ1v) is 8.19. The van der Waals surface area contributed by atoms with Crippen LogP contribution in [0, 0.1) is 0 Å². The summed E-state index contributed by atoms with van der Waals surface area (Å²) in [6.07, 6.45) is 2.92. The highest BCUT2D eigenvalue weighted by atomic mass is 35.5. The van der Waals surface area contributed by atoms with Crippen molar-refractivity contribution in [3.05, 3.63) is 28.8 Å². The maximum Gasteiger partial charge on any atom is 0.337 e. The minimum absolute atomic E-state index is 0.0347. The molecule has 1 rings (SSSR count). The molecular weight excluding hydrogens is 312 g/mol. The summed E-state index contributed by atoms with van der Waals surface area (Å²) in [4.78, 5) is 24.7. The van der Waals surface area contributed by atoms with Gasteiger partial charge in [-0.2, -0.15) is 11.8 Å². The third-order valence-electron chi connectivity index (χ3n) is 3.17. The molecule has 0 saturated carbocycles. The monoisotopic (exact) mass is 330 g/mol. The molecule has 116 valence electrons. The number of nitrogens with zero attached hydrogens (tertiary/aromatic N) is 1. The van der Waals surface area contributed by atoms with Gasteiger partial charge in [0, 0.05) is 18.8 Å². The Morgan fingerprint density at radius 3 is 2.71 bits per heavy atom. The molecule has 0 radical (unpaired) electrons. The molecule has 7 heteroatoms. The van der Waals surface area contributed by atoms with Crippen LogP contribution in [0.5, 0.6) is 0 Å². The minimum Gasteiger partial charge on any atom is -0.478 e. The average molecular weight is 331 g/mol. The molecular formula is C14H19ClN2O3S. The van der Waals surface area contributed by atoms with Crippen molar-refractivity contribution in [2.45, 2.75) is 19.4 Å². The summed E-state index contributed by atoms with van der Waals surface area (Å²) in [7, 11) is 1.72. The number of carbonyl (C=O) groups excluding carboxylic acids is 1. The summed E-state index contributed by atoms with van der Waals surface area (Å²) in [5.74, 6) is -0.152. The van der Waals surface area contributed by atoms with Crippen LogP contribution in [0.25, 0.3) is 0 Å². The van der Waals surface area contributed by atoms with Crippen LogP contribution < -0.4 is 5.32 Å². The van der Waals surface area contributed by atoms with E-state index < -0.39 is 5.97 Å². The number of hydrogen-bond donors (Lipinski definition) is 2. The molecule has 0 aromatic heterocycles. The second-order valence-corrected chi connectivity index (χ2v) is 6.06. The molecule has 0 heterocycles. The number of benzene rings is 1. The van der Waals surface area contributed by atoms with E-state index in [-0.39, 0.29) is 22.7 Å². The van der Waals surface area contributed by atoms with Crippen LogP contribution in [0.1, 0.15) is 23.7 Å². The van der Waals surface area contributed by atoms with E-state index in [4.69, 9.17) is 16.7 Å². The lowest BCUT2D eigenvalue weighted by atomic mass is 10.2. The summed E-state index contributed by atoms with van der Waals surface area (Å²) in [5.41, 5.74) is 0.373. The summed E-state index contributed by atoms with van der Waals surface area (Å²) in [5, 5.41) is 11.8. The predicted octanol–water partition coefficient (Wildman–Crippen LogP) is 3.64. The number of rotatable bonds is 6. The highest BCUT2D eigenvalue weighted by Crippen LogP contribution is 2.21. The van der Waals surface area contributed by atoms with E-state index >= 15 is 0 Å². The number of nitrogens with one attached hydrogen (secondary N) is 1. The van der Waals surface area contributed by atoms with Crippen LogP contribution >= 0.6 is 23.4 Å². The Morgan fingerprint density at radius 2 is 2.14 bits per heavy atom. The van der Waals surface area contributed by atoms with E-state index in [1.165, 1.54) is 12.1 Å². The van der Waals surface area contributed by atoms with Crippen LogP contribution in [-0.2, 0) is 0 Å². The van der Waals surface area contributed by atoms with Crippen LogP contribution in [-0.4, -0.2) is 47.1 Å². The second kappa shape index (κ2) is 8.14. The molecule has 1 aromatic carbocycles. The number of thioether (sulfide) groups is 1. The van der Waals surface area contributed by atoms with Crippen LogP contribution in [0.4, 0.5) is 10.5 Å². The Hall–Kier alpha value is -1.40. The van der Waals surface area contributed by atoms with Crippen molar-refractivity contribution in [3.8, 4) is 0 Å². The Kier molecular flexibility index (Phi) is 6.84. The first kappa shape index (κ1) is 17.7. The molecule has 0 fully saturated rings. The molecule has 0 bridgehead atoms. The fourth-order valence-electron chi connectivity index (χ4n) is 1.66. The van der Waals surface area contributed by atoms with Crippen molar-refractivity contribution in [1.29, 1.82) is 0 Å². The van der Waals surface area contributed by atoms with Gasteiger partial charge in [0.15, 0.2) is 0 Å². The van der Waals surface area contributed by atoms with E-state index in [9.17, 15) is 9.59 Å². The minimum atomic E-state index is -1.13. The lowest BCUT2D eigenvalue weighted by molar-refractivity contribution is 0.0697. The van der Waals surface area contributed by atoms with Gasteiger partial charge in [-0.25, -0.2) is 9.59 Å². The van der Waals surface area contributed by atoms with E-state index in [1.54, 1.807) is 29.8 Å². The summed E-state index contributed by atoms with van der Waals surface area (Å²) in [6.45, 7) is 1.97. The molecule has 1 unspecified atom stereocenters. The molecule has 1 atom stereocenters. The van der Waals surface area contributed by atoms with E-state index in [0.29, 0.717) is 5.69 Å². The molecule has 0 spiro atoms. The lowest BCUT2D eigenvalue weighted by Gasteiger charge is -2.25. The van der Waals surface area contributed by atoms with Crippen LogP contribution in [0.15, 0.2) is 18.2 Å².